The lowest BCUT2D eigenvalue weighted by atomic mass is 9.45. The Hall–Kier alpha value is -2.21. The van der Waals surface area contributed by atoms with E-state index < -0.39 is 28.8 Å². The van der Waals surface area contributed by atoms with Crippen molar-refractivity contribution < 1.29 is 32.6 Å². The van der Waals surface area contributed by atoms with Crippen molar-refractivity contribution >= 4 is 51.9 Å². The molecule has 3 aliphatic carbocycles. The smallest absolute Gasteiger partial charge is 0.417 e. The Balaban J connectivity index is 1.49. The zero-order valence-electron chi connectivity index (χ0n) is 22.1. The van der Waals surface area contributed by atoms with Crippen molar-refractivity contribution in [3.63, 3.8) is 0 Å². The highest BCUT2D eigenvalue weighted by atomic mass is 127. The number of urea groups is 1. The number of alkyl halides is 4. The van der Waals surface area contributed by atoms with Crippen LogP contribution in [0, 0.1) is 23.2 Å². The van der Waals surface area contributed by atoms with Gasteiger partial charge in [0.15, 0.2) is 0 Å². The predicted octanol–water partition coefficient (Wildman–Crippen LogP) is 8.12. The lowest BCUT2D eigenvalue weighted by Crippen LogP contribution is -2.57. The normalized spacial score (nSPS) is 23.7. The number of rotatable bonds is 11. The number of aliphatic carboxylic acids is 1. The van der Waals surface area contributed by atoms with Crippen LogP contribution in [0.5, 0.6) is 5.75 Å². The monoisotopic (exact) mass is 692 g/mol. The number of hydrogen-bond donors (Lipinski definition) is 2. The Morgan fingerprint density at radius 1 is 1.20 bits per heavy atom. The molecule has 0 spiro atoms. The molecule has 2 N–H and O–H groups in total. The van der Waals surface area contributed by atoms with E-state index in [9.17, 15) is 22.8 Å². The first-order chi connectivity index (χ1) is 18.9. The van der Waals surface area contributed by atoms with Crippen LogP contribution in [0.3, 0.4) is 0 Å². The van der Waals surface area contributed by atoms with Crippen molar-refractivity contribution in [3.8, 4) is 5.75 Å². The van der Waals surface area contributed by atoms with Crippen LogP contribution in [0.2, 0.25) is 5.02 Å². The molecule has 2 amide bonds. The molecule has 2 aromatic rings. The summed E-state index contributed by atoms with van der Waals surface area (Å²) >= 11 is 8.22. The van der Waals surface area contributed by atoms with E-state index in [0.717, 1.165) is 41.4 Å². The van der Waals surface area contributed by atoms with Crippen molar-refractivity contribution in [2.75, 3.05) is 22.9 Å². The van der Waals surface area contributed by atoms with Gasteiger partial charge in [0.25, 0.3) is 0 Å². The van der Waals surface area contributed by atoms with Gasteiger partial charge in [-0.1, -0.05) is 53.2 Å². The van der Waals surface area contributed by atoms with Gasteiger partial charge in [0.2, 0.25) is 0 Å². The molecule has 0 aromatic heterocycles. The summed E-state index contributed by atoms with van der Waals surface area (Å²) in [5.74, 6) is 1.25. The zero-order valence-corrected chi connectivity index (χ0v) is 25.1. The first kappa shape index (κ1) is 30.7. The average Bonchev–Trinajstić information content (AvgIpc) is 2.91. The Kier molecular flexibility index (Phi) is 9.80. The van der Waals surface area contributed by atoms with E-state index in [1.807, 2.05) is 12.1 Å². The van der Waals surface area contributed by atoms with Crippen LogP contribution in [-0.4, -0.2) is 39.6 Å². The number of nitrogens with one attached hydrogen (secondary N) is 1. The Morgan fingerprint density at radius 3 is 2.55 bits per heavy atom. The quantitative estimate of drug-likeness (QED) is 0.142. The highest BCUT2D eigenvalue weighted by molar-refractivity contribution is 14.1. The molecule has 3 aliphatic rings. The average molecular weight is 693 g/mol. The van der Waals surface area contributed by atoms with Gasteiger partial charge in [-0.05, 0) is 84.7 Å². The fourth-order valence-electron chi connectivity index (χ4n) is 6.06. The number of carbonyl (C=O) groups is 2. The summed E-state index contributed by atoms with van der Waals surface area (Å²) in [6, 6.07) is 10.1. The number of nitrogens with zero attached hydrogens (tertiary/aromatic N) is 1. The van der Waals surface area contributed by atoms with Crippen LogP contribution < -0.4 is 10.1 Å². The summed E-state index contributed by atoms with van der Waals surface area (Å²) in [6.07, 6.45) is -0.920. The minimum absolute atomic E-state index is 0.0275. The number of benzene rings is 2. The number of carboxylic acid groups (broad SMARTS) is 1. The van der Waals surface area contributed by atoms with Crippen LogP contribution in [0.25, 0.3) is 0 Å². The molecular weight excluding hydrogens is 660 g/mol. The molecule has 40 heavy (non-hydrogen) atoms. The molecule has 6 nitrogen and oxygen atoms in total. The van der Waals surface area contributed by atoms with Crippen molar-refractivity contribution in [3.05, 3.63) is 58.6 Å². The number of hydrogen-bond acceptors (Lipinski definition) is 3. The third kappa shape index (κ3) is 7.16. The SMILES string of the molecule is CC1(CI)C2CC[C@H](CN(Cc3ccc(OCCCC(=O)O)cc3)C(=O)Nc3ccc(Cl)c(C(F)(F)F)c3)C1C2. The zero-order chi connectivity index (χ0) is 29.1. The summed E-state index contributed by atoms with van der Waals surface area (Å²) in [7, 11) is 0. The van der Waals surface area contributed by atoms with Gasteiger partial charge in [-0.2, -0.15) is 13.2 Å². The second kappa shape index (κ2) is 12.8. The van der Waals surface area contributed by atoms with Gasteiger partial charge < -0.3 is 20.1 Å². The Morgan fingerprint density at radius 2 is 1.93 bits per heavy atom. The van der Waals surface area contributed by atoms with E-state index in [1.165, 1.54) is 6.07 Å². The van der Waals surface area contributed by atoms with Gasteiger partial charge in [-0.15, -0.1) is 0 Å². The van der Waals surface area contributed by atoms with Gasteiger partial charge in [-0.25, -0.2) is 4.79 Å². The highest BCUT2D eigenvalue weighted by Crippen LogP contribution is 2.62. The molecule has 5 rings (SSSR count). The van der Waals surface area contributed by atoms with Gasteiger partial charge in [0.1, 0.15) is 5.75 Å². The number of carbonyl (C=O) groups excluding carboxylic acids is 1. The minimum Gasteiger partial charge on any atom is -0.494 e. The van der Waals surface area contributed by atoms with Crippen molar-refractivity contribution in [2.24, 2.45) is 23.2 Å². The molecule has 4 atom stereocenters. The molecule has 3 fully saturated rings. The Bertz CT molecular complexity index is 1210. The van der Waals surface area contributed by atoms with Crippen LogP contribution in [-0.2, 0) is 17.5 Å². The molecule has 3 saturated carbocycles. The van der Waals surface area contributed by atoms with Crippen LogP contribution in [0.1, 0.15) is 50.2 Å². The number of ether oxygens (including phenoxy) is 1. The number of anilines is 1. The van der Waals surface area contributed by atoms with E-state index in [1.54, 1.807) is 17.0 Å². The summed E-state index contributed by atoms with van der Waals surface area (Å²) in [4.78, 5) is 25.9. The molecule has 2 aromatic carbocycles. The van der Waals surface area contributed by atoms with Crippen LogP contribution >= 0.6 is 34.2 Å². The number of fused-ring (bicyclic) bond motifs is 2. The molecule has 218 valence electrons. The molecule has 2 bridgehead atoms. The second-order valence-corrected chi connectivity index (χ2v) is 12.2. The second-order valence-electron chi connectivity index (χ2n) is 11.0. The fourth-order valence-corrected chi connectivity index (χ4v) is 7.47. The van der Waals surface area contributed by atoms with E-state index >= 15 is 0 Å². The van der Waals surface area contributed by atoms with Gasteiger partial charge >= 0.3 is 18.2 Å². The van der Waals surface area contributed by atoms with Crippen LogP contribution in [0.4, 0.5) is 23.7 Å². The number of halogens is 5. The van der Waals surface area contributed by atoms with Gasteiger partial charge in [0.05, 0.1) is 17.2 Å². The fraction of sp³-hybridized carbons (Fsp3) is 0.517. The maximum absolute atomic E-state index is 13.5. The highest BCUT2D eigenvalue weighted by Gasteiger charge is 2.56. The lowest BCUT2D eigenvalue weighted by Gasteiger charge is -2.61. The molecule has 11 heteroatoms. The third-order valence-electron chi connectivity index (χ3n) is 8.43. The summed E-state index contributed by atoms with van der Waals surface area (Å²) in [5.41, 5.74) is 0.131. The maximum Gasteiger partial charge on any atom is 0.417 e. The first-order valence-corrected chi connectivity index (χ1v) is 15.2. The van der Waals surface area contributed by atoms with Gasteiger partial charge in [0, 0.05) is 29.6 Å². The standard InChI is InChI=1S/C29H33ClF3IN2O4/c1-28(17-34)20-7-6-19(23(28)13-20)16-36(15-18-4-9-22(10-5-18)40-12-2-3-26(37)38)27(39)35-21-8-11-25(30)24(14-21)29(31,32)33/h4-5,8-11,14,19-20,23H,2-3,6-7,12-13,15-17H2,1H3,(H,35,39)(H,37,38)/t19-,20?,23?,28?/m1/s1. The number of carboxylic acids is 1. The molecular formula is C29H33ClF3IN2O4. The first-order valence-electron chi connectivity index (χ1n) is 13.3. The molecule has 0 radical (unpaired) electrons. The van der Waals surface area contributed by atoms with Crippen molar-refractivity contribution in [1.82, 2.24) is 4.90 Å². The summed E-state index contributed by atoms with van der Waals surface area (Å²) in [6.45, 7) is 3.39. The van der Waals surface area contributed by atoms with E-state index in [2.05, 4.69) is 34.8 Å². The van der Waals surface area contributed by atoms with E-state index in [0.29, 0.717) is 36.5 Å². The topological polar surface area (TPSA) is 78.9 Å². The molecule has 0 heterocycles. The molecule has 3 unspecified atom stereocenters. The summed E-state index contributed by atoms with van der Waals surface area (Å²) in [5, 5.41) is 11.0. The van der Waals surface area contributed by atoms with Crippen molar-refractivity contribution in [2.45, 2.75) is 51.7 Å². The summed E-state index contributed by atoms with van der Waals surface area (Å²) < 4.78 is 46.9. The molecule has 0 saturated heterocycles. The van der Waals surface area contributed by atoms with Crippen molar-refractivity contribution in [1.29, 1.82) is 0 Å². The third-order valence-corrected chi connectivity index (χ3v) is 10.4. The molecule has 0 aliphatic heterocycles. The lowest BCUT2D eigenvalue weighted by molar-refractivity contribution is -0.138. The van der Waals surface area contributed by atoms with E-state index in [4.69, 9.17) is 21.4 Å². The largest absolute Gasteiger partial charge is 0.494 e. The maximum atomic E-state index is 13.5. The predicted molar refractivity (Wildman–Crippen MR) is 156 cm³/mol. The van der Waals surface area contributed by atoms with E-state index in [-0.39, 0.29) is 30.7 Å². The van der Waals surface area contributed by atoms with Gasteiger partial charge in [-0.3, -0.25) is 4.79 Å². The van der Waals surface area contributed by atoms with Crippen LogP contribution in [0.15, 0.2) is 42.5 Å². The minimum atomic E-state index is -4.64. The number of amides is 2. The Labute approximate surface area is 250 Å².